The number of rotatable bonds is 8. The fourth-order valence-corrected chi connectivity index (χ4v) is 3.90. The summed E-state index contributed by atoms with van der Waals surface area (Å²) in [6.45, 7) is 6.37. The molecule has 8 nitrogen and oxygen atoms in total. The summed E-state index contributed by atoms with van der Waals surface area (Å²) in [5, 5.41) is 14.3. The van der Waals surface area contributed by atoms with Gasteiger partial charge in [0.25, 0.3) is 0 Å². The van der Waals surface area contributed by atoms with E-state index >= 15 is 0 Å². The highest BCUT2D eigenvalue weighted by Gasteiger charge is 2.25. The number of aliphatic hydroxyl groups is 1. The molecule has 34 heavy (non-hydrogen) atoms. The van der Waals surface area contributed by atoms with Crippen molar-refractivity contribution in [3.05, 3.63) is 59.2 Å². The van der Waals surface area contributed by atoms with E-state index in [1.54, 1.807) is 17.0 Å². The molecular formula is C26H33N3O5. The van der Waals surface area contributed by atoms with E-state index in [2.05, 4.69) is 10.6 Å². The van der Waals surface area contributed by atoms with Crippen molar-refractivity contribution in [2.45, 2.75) is 39.7 Å². The first-order chi connectivity index (χ1) is 16.3. The average molecular weight is 468 g/mol. The van der Waals surface area contributed by atoms with Crippen LogP contribution in [0.4, 0.5) is 11.4 Å². The van der Waals surface area contributed by atoms with E-state index in [0.717, 1.165) is 35.2 Å². The van der Waals surface area contributed by atoms with Crippen LogP contribution in [0.25, 0.3) is 0 Å². The van der Waals surface area contributed by atoms with Gasteiger partial charge >= 0.3 is 11.8 Å². The Kier molecular flexibility index (Phi) is 8.79. The monoisotopic (exact) mass is 467 g/mol. The first-order valence-electron chi connectivity index (χ1n) is 11.6. The summed E-state index contributed by atoms with van der Waals surface area (Å²) >= 11 is 0. The van der Waals surface area contributed by atoms with Crippen LogP contribution in [0.5, 0.6) is 0 Å². The maximum Gasteiger partial charge on any atom is 0.313 e. The Bertz CT molecular complexity index is 1020. The van der Waals surface area contributed by atoms with Gasteiger partial charge in [0.15, 0.2) is 0 Å². The minimum Gasteiger partial charge on any atom is -0.394 e. The molecule has 0 fully saturated rings. The largest absolute Gasteiger partial charge is 0.394 e. The zero-order chi connectivity index (χ0) is 24.7. The van der Waals surface area contributed by atoms with Gasteiger partial charge in [-0.15, -0.1) is 0 Å². The molecule has 2 aromatic carbocycles. The number of anilines is 2. The van der Waals surface area contributed by atoms with Crippen LogP contribution in [0.15, 0.2) is 42.5 Å². The van der Waals surface area contributed by atoms with Gasteiger partial charge in [0.05, 0.1) is 19.3 Å². The number of ether oxygens (including phenoxy) is 1. The summed E-state index contributed by atoms with van der Waals surface area (Å²) in [7, 11) is 0. The third-order valence-corrected chi connectivity index (χ3v) is 5.74. The number of carbonyl (C=O) groups is 3. The van der Waals surface area contributed by atoms with Crippen LogP contribution in [-0.4, -0.2) is 49.1 Å². The van der Waals surface area contributed by atoms with Gasteiger partial charge in [0.1, 0.15) is 0 Å². The zero-order valence-electron chi connectivity index (χ0n) is 20.0. The summed E-state index contributed by atoms with van der Waals surface area (Å²) in [5.74, 6) is -1.70. The van der Waals surface area contributed by atoms with Crippen molar-refractivity contribution in [1.82, 2.24) is 5.32 Å². The molecule has 2 aromatic rings. The first kappa shape index (κ1) is 25.4. The van der Waals surface area contributed by atoms with Gasteiger partial charge in [-0.05, 0) is 43.0 Å². The van der Waals surface area contributed by atoms with E-state index in [1.165, 1.54) is 0 Å². The summed E-state index contributed by atoms with van der Waals surface area (Å²) in [4.78, 5) is 39.4. The second-order valence-corrected chi connectivity index (χ2v) is 8.75. The van der Waals surface area contributed by atoms with Crippen molar-refractivity contribution in [2.75, 3.05) is 36.5 Å². The van der Waals surface area contributed by atoms with E-state index in [0.29, 0.717) is 12.2 Å². The van der Waals surface area contributed by atoms with Crippen molar-refractivity contribution >= 4 is 29.1 Å². The first-order valence-corrected chi connectivity index (χ1v) is 11.6. The van der Waals surface area contributed by atoms with Crippen molar-refractivity contribution in [2.24, 2.45) is 5.92 Å². The van der Waals surface area contributed by atoms with Crippen LogP contribution < -0.4 is 15.5 Å². The quantitative estimate of drug-likeness (QED) is 0.518. The molecule has 0 saturated heterocycles. The van der Waals surface area contributed by atoms with Crippen LogP contribution in [0, 0.1) is 12.8 Å². The normalized spacial score (nSPS) is 13.9. The second kappa shape index (κ2) is 11.8. The number of hydrogen-bond acceptors (Lipinski definition) is 5. The molecule has 0 saturated carbocycles. The Balaban J connectivity index is 1.64. The predicted molar refractivity (Wildman–Crippen MR) is 131 cm³/mol. The third kappa shape index (κ3) is 6.42. The number of nitrogens with one attached hydrogen (secondary N) is 2. The highest BCUT2D eigenvalue weighted by Crippen LogP contribution is 2.31. The Hall–Kier alpha value is -3.23. The Morgan fingerprint density at radius 1 is 1.09 bits per heavy atom. The molecule has 1 unspecified atom stereocenters. The molecule has 8 heteroatoms. The molecule has 1 aliphatic heterocycles. The number of aliphatic hydroxyl groups excluding tert-OH is 1. The molecule has 0 aliphatic carbocycles. The van der Waals surface area contributed by atoms with Crippen molar-refractivity contribution < 1.29 is 24.2 Å². The summed E-state index contributed by atoms with van der Waals surface area (Å²) < 4.78 is 5.65. The molecule has 3 rings (SSSR count). The minimum absolute atomic E-state index is 0.0344. The molecule has 3 amide bonds. The fourth-order valence-electron chi connectivity index (χ4n) is 3.90. The van der Waals surface area contributed by atoms with Gasteiger partial charge in [0, 0.05) is 30.4 Å². The van der Waals surface area contributed by atoms with Gasteiger partial charge in [-0.3, -0.25) is 14.4 Å². The van der Waals surface area contributed by atoms with E-state index in [1.807, 2.05) is 51.1 Å². The number of benzene rings is 2. The lowest BCUT2D eigenvalue weighted by Gasteiger charge is -2.31. The van der Waals surface area contributed by atoms with Gasteiger partial charge in [-0.1, -0.05) is 49.7 Å². The van der Waals surface area contributed by atoms with Gasteiger partial charge in [-0.25, -0.2) is 0 Å². The number of aryl methyl sites for hydroxylation is 2. The van der Waals surface area contributed by atoms with Crippen molar-refractivity contribution in [3.8, 4) is 0 Å². The molecule has 0 bridgehead atoms. The molecular weight excluding hydrogens is 434 g/mol. The topological polar surface area (TPSA) is 108 Å². The highest BCUT2D eigenvalue weighted by atomic mass is 16.5. The molecule has 3 N–H and O–H groups in total. The molecule has 0 spiro atoms. The maximum atomic E-state index is 12.6. The summed E-state index contributed by atoms with van der Waals surface area (Å²) in [5.41, 5.74) is 4.20. The van der Waals surface area contributed by atoms with E-state index in [4.69, 9.17) is 9.84 Å². The third-order valence-electron chi connectivity index (χ3n) is 5.74. The molecule has 182 valence electrons. The highest BCUT2D eigenvalue weighted by molar-refractivity contribution is 6.39. The van der Waals surface area contributed by atoms with Crippen molar-refractivity contribution in [3.63, 3.8) is 0 Å². The standard InChI is InChI=1S/C26H33N3O5/c1-17(2)26(33)29-12-4-5-19-10-11-21(15-22(19)29)28-25(32)24(31)27-16-23(34-14-13-30)20-8-6-18(3)7-9-20/h6-11,15,17,23,30H,4-5,12-14,16H2,1-3H3,(H,27,31)(H,28,32). The van der Waals surface area contributed by atoms with E-state index < -0.39 is 17.9 Å². The molecule has 1 aliphatic rings. The number of amides is 3. The Morgan fingerprint density at radius 2 is 1.82 bits per heavy atom. The maximum absolute atomic E-state index is 12.6. The smallest absolute Gasteiger partial charge is 0.313 e. The van der Waals surface area contributed by atoms with Crippen LogP contribution in [0.3, 0.4) is 0 Å². The average Bonchev–Trinajstić information content (AvgIpc) is 2.83. The summed E-state index contributed by atoms with van der Waals surface area (Å²) in [6.07, 6.45) is 1.25. The van der Waals surface area contributed by atoms with Crippen molar-refractivity contribution in [1.29, 1.82) is 0 Å². The lowest BCUT2D eigenvalue weighted by atomic mass is 9.99. The Morgan fingerprint density at radius 3 is 2.50 bits per heavy atom. The van der Waals surface area contributed by atoms with E-state index in [-0.39, 0.29) is 31.6 Å². The summed E-state index contributed by atoms with van der Waals surface area (Å²) in [6, 6.07) is 13.0. The fraction of sp³-hybridized carbons (Fsp3) is 0.423. The van der Waals surface area contributed by atoms with Crippen LogP contribution in [0.1, 0.15) is 43.1 Å². The number of hydrogen-bond donors (Lipinski definition) is 3. The number of carbonyl (C=O) groups excluding carboxylic acids is 3. The van der Waals surface area contributed by atoms with Gasteiger partial charge in [-0.2, -0.15) is 0 Å². The molecule has 0 radical (unpaired) electrons. The minimum atomic E-state index is -0.803. The second-order valence-electron chi connectivity index (χ2n) is 8.75. The molecule has 1 heterocycles. The lowest BCUT2D eigenvalue weighted by molar-refractivity contribution is -0.136. The van der Waals surface area contributed by atoms with Gasteiger partial charge in [0.2, 0.25) is 5.91 Å². The zero-order valence-corrected chi connectivity index (χ0v) is 20.0. The lowest BCUT2D eigenvalue weighted by Crippen LogP contribution is -2.39. The molecule has 1 atom stereocenters. The van der Waals surface area contributed by atoms with Crippen LogP contribution >= 0.6 is 0 Å². The van der Waals surface area contributed by atoms with Gasteiger partial charge < -0.3 is 25.4 Å². The van der Waals surface area contributed by atoms with E-state index in [9.17, 15) is 14.4 Å². The molecule has 0 aromatic heterocycles. The van der Waals surface area contributed by atoms with Crippen LogP contribution in [-0.2, 0) is 25.5 Å². The van der Waals surface area contributed by atoms with Crippen LogP contribution in [0.2, 0.25) is 0 Å². The Labute approximate surface area is 200 Å². The predicted octanol–water partition coefficient (Wildman–Crippen LogP) is 2.74. The number of nitrogens with zero attached hydrogens (tertiary/aromatic N) is 1. The SMILES string of the molecule is Cc1ccc(C(CNC(=O)C(=O)Nc2ccc3c(c2)N(C(=O)C(C)C)CCC3)OCCO)cc1. The number of fused-ring (bicyclic) bond motifs is 1.